The van der Waals surface area contributed by atoms with E-state index in [1.165, 1.54) is 11.8 Å². The first-order valence-electron chi connectivity index (χ1n) is 10.3. The highest BCUT2D eigenvalue weighted by Gasteiger charge is 2.41. The third-order valence-corrected chi connectivity index (χ3v) is 6.36. The number of benzene rings is 2. The molecule has 0 radical (unpaired) electrons. The Kier molecular flexibility index (Phi) is 6.73. The maximum Gasteiger partial charge on any atom is 0.270 e. The lowest BCUT2D eigenvalue weighted by Gasteiger charge is -2.30. The van der Waals surface area contributed by atoms with Gasteiger partial charge in [-0.05, 0) is 42.7 Å². The highest BCUT2D eigenvalue weighted by atomic mass is 35.5. The number of carbonyl (C=O) groups excluding carboxylic acids is 2. The van der Waals surface area contributed by atoms with Gasteiger partial charge in [-0.15, -0.1) is 0 Å². The van der Waals surface area contributed by atoms with E-state index in [2.05, 4.69) is 10.3 Å². The fourth-order valence-electron chi connectivity index (χ4n) is 3.63. The first kappa shape index (κ1) is 21.6. The van der Waals surface area contributed by atoms with E-state index in [0.717, 1.165) is 29.7 Å². The number of nitrogens with zero attached hydrogens (tertiary/aromatic N) is 3. The van der Waals surface area contributed by atoms with Crippen LogP contribution in [0.3, 0.4) is 0 Å². The van der Waals surface area contributed by atoms with Gasteiger partial charge >= 0.3 is 0 Å². The molecule has 2 aromatic rings. The second-order valence-corrected chi connectivity index (χ2v) is 8.75. The number of aliphatic imine (C=N–C) groups is 2. The summed E-state index contributed by atoms with van der Waals surface area (Å²) in [5.41, 5.74) is 2.74. The largest absolute Gasteiger partial charge is 0.355 e. The zero-order valence-electron chi connectivity index (χ0n) is 17.2. The minimum Gasteiger partial charge on any atom is -0.355 e. The van der Waals surface area contributed by atoms with Crippen molar-refractivity contribution in [2.75, 3.05) is 12.3 Å². The predicted molar refractivity (Wildman–Crippen MR) is 126 cm³/mol. The third-order valence-electron chi connectivity index (χ3n) is 5.15. The Morgan fingerprint density at radius 1 is 1.16 bits per heavy atom. The Morgan fingerprint density at radius 3 is 2.71 bits per heavy atom. The van der Waals surface area contributed by atoms with Crippen LogP contribution in [0.4, 0.5) is 5.69 Å². The smallest absolute Gasteiger partial charge is 0.270 e. The van der Waals surface area contributed by atoms with Gasteiger partial charge in [0.25, 0.3) is 5.91 Å². The molecule has 0 aliphatic carbocycles. The average molecular weight is 455 g/mol. The van der Waals surface area contributed by atoms with Gasteiger partial charge in [0.1, 0.15) is 11.9 Å². The number of rotatable bonds is 7. The number of thioether (sulfide) groups is 1. The highest BCUT2D eigenvalue weighted by Crippen LogP contribution is 2.35. The quantitative estimate of drug-likeness (QED) is 0.680. The summed E-state index contributed by atoms with van der Waals surface area (Å²) < 4.78 is 0. The van der Waals surface area contributed by atoms with Crippen LogP contribution >= 0.6 is 23.4 Å². The van der Waals surface area contributed by atoms with Crippen LogP contribution in [0, 0.1) is 0 Å². The number of hydrogen-bond donors (Lipinski definition) is 1. The second kappa shape index (κ2) is 9.66. The van der Waals surface area contributed by atoms with Crippen LogP contribution in [-0.2, 0) is 16.0 Å². The molecule has 1 unspecified atom stereocenters. The topological polar surface area (TPSA) is 74.1 Å². The maximum absolute atomic E-state index is 12.5. The third kappa shape index (κ3) is 4.83. The van der Waals surface area contributed by atoms with E-state index >= 15 is 0 Å². The van der Waals surface area contributed by atoms with Crippen LogP contribution in [0.2, 0.25) is 5.02 Å². The molecule has 0 fully saturated rings. The van der Waals surface area contributed by atoms with Gasteiger partial charge in [-0.2, -0.15) is 4.99 Å². The van der Waals surface area contributed by atoms with E-state index < -0.39 is 0 Å². The molecule has 1 N–H and O–H groups in total. The van der Waals surface area contributed by atoms with Gasteiger partial charge in [-0.3, -0.25) is 14.5 Å². The lowest BCUT2D eigenvalue weighted by atomic mass is 10.1. The van der Waals surface area contributed by atoms with Crippen LogP contribution in [0.15, 0.2) is 58.5 Å². The fraction of sp³-hybridized carbons (Fsp3) is 0.304. The van der Waals surface area contributed by atoms with E-state index in [1.54, 1.807) is 0 Å². The number of fused-ring (bicyclic) bond motifs is 3. The minimum atomic E-state index is -0.354. The maximum atomic E-state index is 12.5. The zero-order chi connectivity index (χ0) is 21.8. The first-order chi connectivity index (χ1) is 15.1. The van der Waals surface area contributed by atoms with Crippen molar-refractivity contribution in [2.24, 2.45) is 9.98 Å². The number of halogens is 1. The molecule has 4 rings (SSSR count). The van der Waals surface area contributed by atoms with Crippen LogP contribution in [-0.4, -0.2) is 46.1 Å². The molecular weight excluding hydrogens is 432 g/mol. The summed E-state index contributed by atoms with van der Waals surface area (Å²) in [4.78, 5) is 35.9. The van der Waals surface area contributed by atoms with E-state index in [4.69, 9.17) is 16.6 Å². The Hall–Kier alpha value is -2.64. The lowest BCUT2D eigenvalue weighted by molar-refractivity contribution is -0.120. The van der Waals surface area contributed by atoms with E-state index in [1.807, 2.05) is 60.4 Å². The monoisotopic (exact) mass is 454 g/mol. The Morgan fingerprint density at radius 2 is 1.94 bits per heavy atom. The molecule has 0 saturated carbocycles. The number of carbonyl (C=O) groups is 2. The van der Waals surface area contributed by atoms with Gasteiger partial charge in [0, 0.05) is 17.1 Å². The molecule has 31 heavy (non-hydrogen) atoms. The highest BCUT2D eigenvalue weighted by molar-refractivity contribution is 8.14. The molecule has 2 aromatic carbocycles. The molecule has 6 nitrogen and oxygen atoms in total. The van der Waals surface area contributed by atoms with Crippen molar-refractivity contribution in [1.82, 2.24) is 10.2 Å². The van der Waals surface area contributed by atoms with Gasteiger partial charge < -0.3 is 5.32 Å². The van der Waals surface area contributed by atoms with Crippen molar-refractivity contribution in [3.05, 3.63) is 64.7 Å². The van der Waals surface area contributed by atoms with E-state index in [0.29, 0.717) is 29.0 Å². The molecule has 0 aromatic heterocycles. The zero-order valence-corrected chi connectivity index (χ0v) is 18.7. The SMILES string of the molecule is CCCC1C(=O)N=C2c3ccccc3N=C(SCC(=O)NCCc3ccc(Cl)cc3)N21. The fourth-order valence-corrected chi connectivity index (χ4v) is 4.63. The Bertz CT molecular complexity index is 1050. The van der Waals surface area contributed by atoms with Crippen molar-refractivity contribution in [3.8, 4) is 0 Å². The van der Waals surface area contributed by atoms with Crippen molar-refractivity contribution < 1.29 is 9.59 Å². The summed E-state index contributed by atoms with van der Waals surface area (Å²) >= 11 is 7.24. The van der Waals surface area contributed by atoms with Crippen molar-refractivity contribution >= 4 is 51.9 Å². The Labute approximate surface area is 190 Å². The van der Waals surface area contributed by atoms with E-state index in [9.17, 15) is 9.59 Å². The first-order valence-corrected chi connectivity index (χ1v) is 11.7. The van der Waals surface area contributed by atoms with Crippen LogP contribution < -0.4 is 5.32 Å². The van der Waals surface area contributed by atoms with Gasteiger partial charge in [0.15, 0.2) is 5.17 Å². The number of para-hydroxylation sites is 1. The summed E-state index contributed by atoms with van der Waals surface area (Å²) in [7, 11) is 0. The average Bonchev–Trinajstić information content (AvgIpc) is 3.10. The number of amides is 2. The molecule has 8 heteroatoms. The molecule has 2 amide bonds. The van der Waals surface area contributed by atoms with Gasteiger partial charge in [0.05, 0.1) is 11.4 Å². The molecule has 2 aliphatic heterocycles. The van der Waals surface area contributed by atoms with Crippen LogP contribution in [0.1, 0.15) is 30.9 Å². The summed E-state index contributed by atoms with van der Waals surface area (Å²) in [6.07, 6.45) is 2.29. The van der Waals surface area contributed by atoms with Crippen molar-refractivity contribution in [1.29, 1.82) is 0 Å². The molecular formula is C23H23ClN4O2S. The second-order valence-electron chi connectivity index (χ2n) is 7.37. The molecule has 2 heterocycles. The summed E-state index contributed by atoms with van der Waals surface area (Å²) in [5.74, 6) is 0.642. The van der Waals surface area contributed by atoms with Crippen molar-refractivity contribution in [2.45, 2.75) is 32.2 Å². The molecule has 0 bridgehead atoms. The number of hydrogen-bond acceptors (Lipinski definition) is 5. The summed E-state index contributed by atoms with van der Waals surface area (Å²) in [5, 5.41) is 4.29. The van der Waals surface area contributed by atoms with Crippen LogP contribution in [0.25, 0.3) is 0 Å². The molecule has 160 valence electrons. The van der Waals surface area contributed by atoms with E-state index in [-0.39, 0.29) is 23.6 Å². The Balaban J connectivity index is 1.41. The summed E-state index contributed by atoms with van der Waals surface area (Å²) in [6.45, 7) is 2.59. The standard InChI is InChI=1S/C23H23ClN4O2S/c1-2-5-19-22(30)27-21-17-6-3-4-7-18(17)26-23(28(19)21)31-14-20(29)25-13-12-15-8-10-16(24)11-9-15/h3-4,6-11,19H,2,5,12-14H2,1H3,(H,25,29). The van der Waals surface area contributed by atoms with Crippen molar-refractivity contribution in [3.63, 3.8) is 0 Å². The minimum absolute atomic E-state index is 0.0726. The molecule has 0 saturated heterocycles. The lowest BCUT2D eigenvalue weighted by Crippen LogP contribution is -2.44. The molecule has 0 spiro atoms. The molecule has 1 atom stereocenters. The normalized spacial score (nSPS) is 17.0. The predicted octanol–water partition coefficient (Wildman–Crippen LogP) is 4.19. The number of amidine groups is 2. The van der Waals surface area contributed by atoms with Gasteiger partial charge in [0.2, 0.25) is 5.91 Å². The summed E-state index contributed by atoms with van der Waals surface area (Å²) in [6, 6.07) is 14.9. The van der Waals surface area contributed by atoms with Crippen LogP contribution in [0.5, 0.6) is 0 Å². The molecule has 2 aliphatic rings. The van der Waals surface area contributed by atoms with Gasteiger partial charge in [-0.25, -0.2) is 4.99 Å². The van der Waals surface area contributed by atoms with Gasteiger partial charge in [-0.1, -0.05) is 61.0 Å². The number of nitrogens with one attached hydrogen (secondary N) is 1.